The number of nitrogens with one attached hydrogen (secondary N) is 1. The summed E-state index contributed by atoms with van der Waals surface area (Å²) < 4.78 is 12.0. The first kappa shape index (κ1) is 19.0. The number of nitrogens with zero attached hydrogens (tertiary/aromatic N) is 2. The van der Waals surface area contributed by atoms with E-state index in [1.165, 1.54) is 0 Å². The third kappa shape index (κ3) is 10.5. The Morgan fingerprint density at radius 2 is 2.18 bits per heavy atom. The molecule has 102 valence electrons. The van der Waals surface area contributed by atoms with Crippen LogP contribution in [-0.2, 0) is 0 Å². The van der Waals surface area contributed by atoms with Gasteiger partial charge in [0.25, 0.3) is 0 Å². The van der Waals surface area contributed by atoms with E-state index in [1.807, 2.05) is 20.0 Å². The van der Waals surface area contributed by atoms with Gasteiger partial charge in [-0.15, -0.1) is 30.6 Å². The largest absolute Gasteiger partial charge is 0.357 e. The summed E-state index contributed by atoms with van der Waals surface area (Å²) in [7, 11) is 2.00. The summed E-state index contributed by atoms with van der Waals surface area (Å²) in [5.41, 5.74) is 0. The second kappa shape index (κ2) is 13.7. The fourth-order valence-electron chi connectivity index (χ4n) is 1.29. The van der Waals surface area contributed by atoms with E-state index in [2.05, 4.69) is 21.8 Å². The molecule has 0 heterocycles. The Morgan fingerprint density at radius 1 is 1.47 bits per heavy atom. The van der Waals surface area contributed by atoms with Gasteiger partial charge in [-0.3, -0.25) is 9.38 Å². The zero-order valence-electron chi connectivity index (χ0n) is 10.9. The van der Waals surface area contributed by atoms with Gasteiger partial charge in [-0.25, -0.2) is 0 Å². The summed E-state index contributed by atoms with van der Waals surface area (Å²) in [6.45, 7) is 7.74. The van der Waals surface area contributed by atoms with Gasteiger partial charge in [0.15, 0.2) is 5.96 Å². The highest BCUT2D eigenvalue weighted by atomic mass is 127. The van der Waals surface area contributed by atoms with Gasteiger partial charge in [0, 0.05) is 26.7 Å². The molecule has 0 aliphatic heterocycles. The Hall–Kier alpha value is -0.330. The fraction of sp³-hybridized carbons (Fsp3) is 0.750. The Labute approximate surface area is 122 Å². The Balaban J connectivity index is 0. The molecule has 5 heteroatoms. The summed E-state index contributed by atoms with van der Waals surface area (Å²) in [6, 6.07) is 0. The molecule has 1 N–H and O–H groups in total. The molecule has 17 heavy (non-hydrogen) atoms. The maximum Gasteiger partial charge on any atom is 0.193 e. The molecular weight excluding hydrogens is 332 g/mol. The van der Waals surface area contributed by atoms with Gasteiger partial charge in [-0.1, -0.05) is 6.08 Å². The van der Waals surface area contributed by atoms with Crippen molar-refractivity contribution in [3.8, 4) is 0 Å². The first-order valence-corrected chi connectivity index (χ1v) is 5.92. The van der Waals surface area contributed by atoms with Crippen molar-refractivity contribution in [1.29, 1.82) is 0 Å². The van der Waals surface area contributed by atoms with E-state index >= 15 is 0 Å². The molecule has 0 bridgehead atoms. The predicted molar refractivity (Wildman–Crippen MR) is 84.0 cm³/mol. The zero-order chi connectivity index (χ0) is 12.2. The Kier molecular flexibility index (Phi) is 15.4. The average Bonchev–Trinajstić information content (AvgIpc) is 2.28. The number of hydrogen-bond donors (Lipinski definition) is 1. The summed E-state index contributed by atoms with van der Waals surface area (Å²) >= 11 is 0. The third-order valence-corrected chi connectivity index (χ3v) is 2.15. The van der Waals surface area contributed by atoms with Crippen LogP contribution in [0, 0.1) is 0 Å². The number of rotatable bonds is 8. The SMILES string of the molecule is C=CCCCN(C)C(=NCCCF)NCC.I. The molecule has 0 aromatic heterocycles. The van der Waals surface area contributed by atoms with E-state index in [0.717, 1.165) is 31.9 Å². The summed E-state index contributed by atoms with van der Waals surface area (Å²) in [4.78, 5) is 6.42. The molecule has 0 spiro atoms. The number of allylic oxidation sites excluding steroid dienone is 1. The molecule has 0 aromatic carbocycles. The van der Waals surface area contributed by atoms with Crippen molar-refractivity contribution in [2.45, 2.75) is 26.2 Å². The predicted octanol–water partition coefficient (Wildman–Crippen LogP) is 2.83. The lowest BCUT2D eigenvalue weighted by Crippen LogP contribution is -2.39. The van der Waals surface area contributed by atoms with Gasteiger partial charge in [-0.05, 0) is 26.2 Å². The van der Waals surface area contributed by atoms with E-state index in [0.29, 0.717) is 13.0 Å². The van der Waals surface area contributed by atoms with Crippen LogP contribution in [0.2, 0.25) is 0 Å². The van der Waals surface area contributed by atoms with Crippen molar-refractivity contribution in [2.75, 3.05) is 33.4 Å². The first-order valence-electron chi connectivity index (χ1n) is 5.92. The molecule has 0 saturated heterocycles. The van der Waals surface area contributed by atoms with Gasteiger partial charge < -0.3 is 10.2 Å². The van der Waals surface area contributed by atoms with E-state index in [9.17, 15) is 4.39 Å². The molecule has 0 aliphatic rings. The normalized spacial score (nSPS) is 10.6. The molecule has 0 unspecified atom stereocenters. The molecule has 0 saturated carbocycles. The van der Waals surface area contributed by atoms with Crippen molar-refractivity contribution < 1.29 is 4.39 Å². The van der Waals surface area contributed by atoms with Crippen LogP contribution in [0.5, 0.6) is 0 Å². The molecule has 0 aromatic rings. The standard InChI is InChI=1S/C12H24FN3.HI/c1-4-6-7-11-16(3)12(14-5-2)15-10-8-9-13;/h4H,1,5-11H2,2-3H3,(H,14,15);1H. The van der Waals surface area contributed by atoms with Crippen molar-refractivity contribution in [3.63, 3.8) is 0 Å². The minimum absolute atomic E-state index is 0. The molecule has 0 fully saturated rings. The van der Waals surface area contributed by atoms with Crippen LogP contribution in [-0.4, -0.2) is 44.2 Å². The molecule has 0 rings (SSSR count). The fourth-order valence-corrected chi connectivity index (χ4v) is 1.29. The molecule has 0 radical (unpaired) electrons. The lowest BCUT2D eigenvalue weighted by atomic mass is 10.3. The Morgan fingerprint density at radius 3 is 2.71 bits per heavy atom. The lowest BCUT2D eigenvalue weighted by molar-refractivity contribution is 0.460. The van der Waals surface area contributed by atoms with Crippen LogP contribution in [0.25, 0.3) is 0 Å². The van der Waals surface area contributed by atoms with Gasteiger partial charge in [0.1, 0.15) is 0 Å². The quantitative estimate of drug-likeness (QED) is 0.238. The van der Waals surface area contributed by atoms with Crippen molar-refractivity contribution >= 4 is 29.9 Å². The van der Waals surface area contributed by atoms with Gasteiger partial charge in [0.2, 0.25) is 0 Å². The van der Waals surface area contributed by atoms with E-state index in [-0.39, 0.29) is 30.7 Å². The highest BCUT2D eigenvalue weighted by Crippen LogP contribution is 1.95. The number of alkyl halides is 1. The van der Waals surface area contributed by atoms with Gasteiger partial charge in [0.05, 0.1) is 6.67 Å². The van der Waals surface area contributed by atoms with Crippen LogP contribution in [0.4, 0.5) is 4.39 Å². The summed E-state index contributed by atoms with van der Waals surface area (Å²) in [5, 5.41) is 3.20. The van der Waals surface area contributed by atoms with Crippen LogP contribution in [0.3, 0.4) is 0 Å². The zero-order valence-corrected chi connectivity index (χ0v) is 13.2. The molecular formula is C12H25FIN3. The van der Waals surface area contributed by atoms with Crippen molar-refractivity contribution in [2.24, 2.45) is 4.99 Å². The number of aliphatic imine (C=N–C) groups is 1. The average molecular weight is 357 g/mol. The highest BCUT2D eigenvalue weighted by Gasteiger charge is 2.03. The van der Waals surface area contributed by atoms with Crippen LogP contribution >= 0.6 is 24.0 Å². The number of guanidine groups is 1. The maximum atomic E-state index is 12.0. The van der Waals surface area contributed by atoms with E-state index in [4.69, 9.17) is 0 Å². The van der Waals surface area contributed by atoms with Crippen molar-refractivity contribution in [3.05, 3.63) is 12.7 Å². The second-order valence-electron chi connectivity index (χ2n) is 3.63. The Bertz CT molecular complexity index is 210. The minimum atomic E-state index is -0.302. The smallest absolute Gasteiger partial charge is 0.193 e. The third-order valence-electron chi connectivity index (χ3n) is 2.15. The maximum absolute atomic E-state index is 12.0. The summed E-state index contributed by atoms with van der Waals surface area (Å²) in [5.74, 6) is 0.861. The van der Waals surface area contributed by atoms with E-state index in [1.54, 1.807) is 0 Å². The topological polar surface area (TPSA) is 27.6 Å². The number of hydrogen-bond acceptors (Lipinski definition) is 1. The number of halogens is 2. The van der Waals surface area contributed by atoms with Gasteiger partial charge >= 0.3 is 0 Å². The molecule has 0 aliphatic carbocycles. The van der Waals surface area contributed by atoms with Gasteiger partial charge in [-0.2, -0.15) is 0 Å². The molecule has 3 nitrogen and oxygen atoms in total. The lowest BCUT2D eigenvalue weighted by Gasteiger charge is -2.21. The minimum Gasteiger partial charge on any atom is -0.357 e. The number of unbranched alkanes of at least 4 members (excludes halogenated alkanes) is 1. The first-order chi connectivity index (χ1) is 7.76. The second-order valence-corrected chi connectivity index (χ2v) is 3.63. The van der Waals surface area contributed by atoms with Crippen LogP contribution < -0.4 is 5.32 Å². The van der Waals surface area contributed by atoms with E-state index < -0.39 is 0 Å². The summed E-state index contributed by atoms with van der Waals surface area (Å²) in [6.07, 6.45) is 4.48. The molecule has 0 amide bonds. The van der Waals surface area contributed by atoms with Crippen molar-refractivity contribution in [1.82, 2.24) is 10.2 Å². The molecule has 0 atom stereocenters. The highest BCUT2D eigenvalue weighted by molar-refractivity contribution is 14.0. The monoisotopic (exact) mass is 357 g/mol. The van der Waals surface area contributed by atoms with Crippen LogP contribution in [0.15, 0.2) is 17.6 Å². The van der Waals surface area contributed by atoms with Crippen LogP contribution in [0.1, 0.15) is 26.2 Å².